The standard InChI is InChI=1S/C17H19F2N3O2/c18-17(19)4-8-21(9-5-17)16(23)12-2-7-22(11-12)15-13-3-10-24-14(13)1-6-20-15/h1,3,6,10,12H,2,4-5,7-9,11H2. The molecule has 2 aromatic rings. The second-order valence-corrected chi connectivity index (χ2v) is 6.58. The third kappa shape index (κ3) is 2.72. The fourth-order valence-electron chi connectivity index (χ4n) is 3.60. The molecule has 5 nitrogen and oxygen atoms in total. The van der Waals surface area contributed by atoms with E-state index in [9.17, 15) is 13.6 Å². The topological polar surface area (TPSA) is 49.6 Å². The number of rotatable bonds is 2. The van der Waals surface area contributed by atoms with Crippen LogP contribution in [0.2, 0.25) is 0 Å². The molecule has 24 heavy (non-hydrogen) atoms. The number of anilines is 1. The van der Waals surface area contributed by atoms with Gasteiger partial charge in [-0.1, -0.05) is 0 Å². The molecule has 2 aromatic heterocycles. The van der Waals surface area contributed by atoms with E-state index in [2.05, 4.69) is 9.88 Å². The molecule has 2 saturated heterocycles. The molecule has 1 atom stereocenters. The Labute approximate surface area is 138 Å². The van der Waals surface area contributed by atoms with Gasteiger partial charge in [0.15, 0.2) is 0 Å². The number of nitrogens with zero attached hydrogens (tertiary/aromatic N) is 3. The van der Waals surface area contributed by atoms with Gasteiger partial charge >= 0.3 is 0 Å². The van der Waals surface area contributed by atoms with Crippen LogP contribution in [0.4, 0.5) is 14.6 Å². The number of piperidine rings is 1. The van der Waals surface area contributed by atoms with E-state index in [-0.39, 0.29) is 37.8 Å². The molecule has 0 radical (unpaired) electrons. The Hall–Kier alpha value is -2.18. The summed E-state index contributed by atoms with van der Waals surface area (Å²) in [7, 11) is 0. The second-order valence-electron chi connectivity index (χ2n) is 6.58. The summed E-state index contributed by atoms with van der Waals surface area (Å²) in [6.07, 6.45) is 3.59. The predicted octanol–water partition coefficient (Wildman–Crippen LogP) is 2.91. The molecule has 2 aliphatic rings. The highest BCUT2D eigenvalue weighted by atomic mass is 19.3. The van der Waals surface area contributed by atoms with E-state index >= 15 is 0 Å². The Balaban J connectivity index is 1.45. The van der Waals surface area contributed by atoms with Crippen LogP contribution in [0.1, 0.15) is 19.3 Å². The highest BCUT2D eigenvalue weighted by molar-refractivity contribution is 5.89. The Morgan fingerprint density at radius 3 is 2.83 bits per heavy atom. The van der Waals surface area contributed by atoms with Crippen LogP contribution in [0.25, 0.3) is 11.0 Å². The molecule has 1 amide bonds. The van der Waals surface area contributed by atoms with Crippen LogP contribution in [0, 0.1) is 5.92 Å². The fourth-order valence-corrected chi connectivity index (χ4v) is 3.60. The fraction of sp³-hybridized carbons (Fsp3) is 0.529. The van der Waals surface area contributed by atoms with Crippen molar-refractivity contribution in [3.63, 3.8) is 0 Å². The minimum atomic E-state index is -2.63. The highest BCUT2D eigenvalue weighted by Crippen LogP contribution is 2.32. The van der Waals surface area contributed by atoms with Gasteiger partial charge in [-0.3, -0.25) is 4.79 Å². The molecule has 0 saturated carbocycles. The van der Waals surface area contributed by atoms with Gasteiger partial charge in [-0.05, 0) is 18.6 Å². The zero-order chi connectivity index (χ0) is 16.7. The number of hydrogen-bond donors (Lipinski definition) is 0. The Bertz CT molecular complexity index is 751. The second kappa shape index (κ2) is 5.72. The van der Waals surface area contributed by atoms with Crippen molar-refractivity contribution in [3.8, 4) is 0 Å². The van der Waals surface area contributed by atoms with Gasteiger partial charge in [-0.25, -0.2) is 13.8 Å². The normalized spacial score (nSPS) is 23.8. The van der Waals surface area contributed by atoms with E-state index in [0.29, 0.717) is 6.54 Å². The molecule has 0 N–H and O–H groups in total. The van der Waals surface area contributed by atoms with Crippen molar-refractivity contribution in [2.45, 2.75) is 25.2 Å². The monoisotopic (exact) mass is 335 g/mol. The van der Waals surface area contributed by atoms with Crippen LogP contribution in [-0.2, 0) is 4.79 Å². The maximum atomic E-state index is 13.3. The highest BCUT2D eigenvalue weighted by Gasteiger charge is 2.39. The number of carbonyl (C=O) groups is 1. The van der Waals surface area contributed by atoms with E-state index in [1.807, 2.05) is 12.1 Å². The summed E-state index contributed by atoms with van der Waals surface area (Å²) in [4.78, 5) is 20.7. The first-order valence-corrected chi connectivity index (χ1v) is 8.27. The van der Waals surface area contributed by atoms with E-state index in [1.165, 1.54) is 0 Å². The van der Waals surface area contributed by atoms with Crippen molar-refractivity contribution in [2.24, 2.45) is 5.92 Å². The average Bonchev–Trinajstić information content (AvgIpc) is 3.23. The lowest BCUT2D eigenvalue weighted by Gasteiger charge is -2.33. The van der Waals surface area contributed by atoms with Gasteiger partial charge in [-0.15, -0.1) is 0 Å². The maximum absolute atomic E-state index is 13.3. The lowest BCUT2D eigenvalue weighted by molar-refractivity contribution is -0.140. The van der Waals surface area contributed by atoms with Crippen molar-refractivity contribution >= 4 is 22.7 Å². The molecule has 2 aliphatic heterocycles. The first kappa shape index (κ1) is 15.4. The number of amides is 1. The zero-order valence-corrected chi connectivity index (χ0v) is 13.3. The van der Waals surface area contributed by atoms with Crippen molar-refractivity contribution in [1.82, 2.24) is 9.88 Å². The third-order valence-corrected chi connectivity index (χ3v) is 5.00. The molecular formula is C17H19F2N3O2. The van der Waals surface area contributed by atoms with E-state index in [1.54, 1.807) is 17.4 Å². The average molecular weight is 335 g/mol. The quantitative estimate of drug-likeness (QED) is 0.847. The van der Waals surface area contributed by atoms with Gasteiger partial charge in [0.1, 0.15) is 11.4 Å². The van der Waals surface area contributed by atoms with Crippen LogP contribution >= 0.6 is 0 Å². The summed E-state index contributed by atoms with van der Waals surface area (Å²) in [6.45, 7) is 1.61. The van der Waals surface area contributed by atoms with E-state index in [4.69, 9.17) is 4.42 Å². The van der Waals surface area contributed by atoms with E-state index < -0.39 is 5.92 Å². The molecular weight excluding hydrogens is 316 g/mol. The molecule has 128 valence electrons. The Kier molecular flexibility index (Phi) is 3.66. The zero-order valence-electron chi connectivity index (χ0n) is 13.3. The Morgan fingerprint density at radius 1 is 1.25 bits per heavy atom. The first-order chi connectivity index (χ1) is 11.5. The largest absolute Gasteiger partial charge is 0.464 e. The number of likely N-dealkylation sites (tertiary alicyclic amines) is 1. The summed E-state index contributed by atoms with van der Waals surface area (Å²) in [6, 6.07) is 3.69. The van der Waals surface area contributed by atoms with Crippen LogP contribution in [0.3, 0.4) is 0 Å². The minimum absolute atomic E-state index is 0.00707. The number of hydrogen-bond acceptors (Lipinski definition) is 4. The smallest absolute Gasteiger partial charge is 0.251 e. The molecule has 2 fully saturated rings. The summed E-state index contributed by atoms with van der Waals surface area (Å²) < 4.78 is 31.9. The third-order valence-electron chi connectivity index (χ3n) is 5.00. The molecule has 0 spiro atoms. The van der Waals surface area contributed by atoms with Crippen LogP contribution in [0.15, 0.2) is 29.0 Å². The first-order valence-electron chi connectivity index (χ1n) is 8.27. The van der Waals surface area contributed by atoms with Crippen molar-refractivity contribution in [3.05, 3.63) is 24.6 Å². The Morgan fingerprint density at radius 2 is 2.04 bits per heavy atom. The summed E-state index contributed by atoms with van der Waals surface area (Å²) in [5.41, 5.74) is 0.771. The van der Waals surface area contributed by atoms with Gasteiger partial charge in [0.05, 0.1) is 17.6 Å². The van der Waals surface area contributed by atoms with Gasteiger partial charge in [0, 0.05) is 45.2 Å². The van der Waals surface area contributed by atoms with Crippen LogP contribution in [0.5, 0.6) is 0 Å². The predicted molar refractivity (Wildman–Crippen MR) is 85.1 cm³/mol. The number of alkyl halides is 2. The van der Waals surface area contributed by atoms with Crippen LogP contribution < -0.4 is 4.90 Å². The van der Waals surface area contributed by atoms with Gasteiger partial charge in [0.25, 0.3) is 5.92 Å². The van der Waals surface area contributed by atoms with Crippen molar-refractivity contribution in [1.29, 1.82) is 0 Å². The minimum Gasteiger partial charge on any atom is -0.464 e. The van der Waals surface area contributed by atoms with Crippen LogP contribution in [-0.4, -0.2) is 47.9 Å². The number of carbonyl (C=O) groups excluding carboxylic acids is 1. The summed E-state index contributed by atoms with van der Waals surface area (Å²) in [5, 5.41) is 0.934. The maximum Gasteiger partial charge on any atom is 0.251 e. The molecule has 0 aromatic carbocycles. The number of aromatic nitrogens is 1. The summed E-state index contributed by atoms with van der Waals surface area (Å²) >= 11 is 0. The van der Waals surface area contributed by atoms with Gasteiger partial charge in [0.2, 0.25) is 5.91 Å². The number of fused-ring (bicyclic) bond motifs is 1. The number of furan rings is 1. The molecule has 4 heterocycles. The lowest BCUT2D eigenvalue weighted by atomic mass is 10.0. The number of halogens is 2. The SMILES string of the molecule is O=C(C1CCN(c2nccc3occc23)C1)N1CCC(F)(F)CC1. The molecule has 7 heteroatoms. The van der Waals surface area contributed by atoms with Crippen molar-refractivity contribution < 1.29 is 18.0 Å². The molecule has 4 rings (SSSR count). The lowest BCUT2D eigenvalue weighted by Crippen LogP contribution is -2.45. The summed E-state index contributed by atoms with van der Waals surface area (Å²) in [5.74, 6) is -1.96. The van der Waals surface area contributed by atoms with E-state index in [0.717, 1.165) is 29.8 Å². The van der Waals surface area contributed by atoms with Gasteiger partial charge < -0.3 is 14.2 Å². The number of pyridine rings is 1. The molecule has 1 unspecified atom stereocenters. The molecule has 0 aliphatic carbocycles. The van der Waals surface area contributed by atoms with Crippen molar-refractivity contribution in [2.75, 3.05) is 31.1 Å². The molecule has 0 bridgehead atoms. The van der Waals surface area contributed by atoms with Gasteiger partial charge in [-0.2, -0.15) is 0 Å².